The summed E-state index contributed by atoms with van der Waals surface area (Å²) in [6.07, 6.45) is 1.86. The molecule has 2 nitrogen and oxygen atoms in total. The smallest absolute Gasteiger partial charge is 0.0414 e. The van der Waals surface area contributed by atoms with E-state index < -0.39 is 5.97 Å². The minimum Gasteiger partial charge on any atom is -0.550 e. The summed E-state index contributed by atoms with van der Waals surface area (Å²) >= 11 is 4.08. The summed E-state index contributed by atoms with van der Waals surface area (Å²) in [7, 11) is 0. The number of rotatable bonds is 5. The van der Waals surface area contributed by atoms with E-state index in [0.717, 1.165) is 12.2 Å². The van der Waals surface area contributed by atoms with Gasteiger partial charge in [-0.25, -0.2) is 0 Å². The number of carbonyl (C=O) groups is 1. The van der Waals surface area contributed by atoms with Crippen molar-refractivity contribution in [3.05, 3.63) is 0 Å². The molecule has 0 aromatic heterocycles. The fourth-order valence-corrected chi connectivity index (χ4v) is 1.19. The van der Waals surface area contributed by atoms with Crippen molar-refractivity contribution in [3.63, 3.8) is 0 Å². The van der Waals surface area contributed by atoms with Gasteiger partial charge in [-0.05, 0) is 24.5 Å². The van der Waals surface area contributed by atoms with Crippen LogP contribution in [0.25, 0.3) is 0 Å². The molecule has 3 heteroatoms. The Morgan fingerprint density at radius 2 is 2.30 bits per heavy atom. The first-order valence-electron chi connectivity index (χ1n) is 3.51. The summed E-state index contributed by atoms with van der Waals surface area (Å²) in [6, 6.07) is 0. The van der Waals surface area contributed by atoms with Crippen molar-refractivity contribution in [1.82, 2.24) is 0 Å². The van der Waals surface area contributed by atoms with E-state index in [-0.39, 0.29) is 6.42 Å². The van der Waals surface area contributed by atoms with E-state index in [2.05, 4.69) is 12.6 Å². The van der Waals surface area contributed by atoms with Gasteiger partial charge >= 0.3 is 0 Å². The fourth-order valence-electron chi connectivity index (χ4n) is 0.746. The van der Waals surface area contributed by atoms with Gasteiger partial charge in [0, 0.05) is 5.97 Å². The minimum absolute atomic E-state index is 0.166. The number of hydrogen-bond donors (Lipinski definition) is 1. The van der Waals surface area contributed by atoms with Crippen molar-refractivity contribution < 1.29 is 9.90 Å². The lowest BCUT2D eigenvalue weighted by molar-refractivity contribution is -0.306. The van der Waals surface area contributed by atoms with Crippen molar-refractivity contribution in [3.8, 4) is 0 Å². The van der Waals surface area contributed by atoms with Crippen LogP contribution in [0, 0.1) is 5.92 Å². The van der Waals surface area contributed by atoms with Crippen molar-refractivity contribution >= 4 is 18.6 Å². The molecule has 0 fully saturated rings. The van der Waals surface area contributed by atoms with Gasteiger partial charge < -0.3 is 9.90 Å². The van der Waals surface area contributed by atoms with Crippen LogP contribution in [0.3, 0.4) is 0 Å². The second-order valence-electron chi connectivity index (χ2n) is 2.37. The third kappa shape index (κ3) is 4.68. The van der Waals surface area contributed by atoms with E-state index in [1.165, 1.54) is 0 Å². The Kier molecular flexibility index (Phi) is 5.49. The lowest BCUT2D eigenvalue weighted by Crippen LogP contribution is -2.22. The quantitative estimate of drug-likeness (QED) is 0.595. The summed E-state index contributed by atoms with van der Waals surface area (Å²) in [4.78, 5) is 10.00. The number of carboxylic acids is 1. The largest absolute Gasteiger partial charge is 0.550 e. The van der Waals surface area contributed by atoms with Gasteiger partial charge in [-0.2, -0.15) is 12.6 Å². The molecule has 1 unspecified atom stereocenters. The highest BCUT2D eigenvalue weighted by Crippen LogP contribution is 2.11. The Bertz CT molecular complexity index is 99.8. The summed E-state index contributed by atoms with van der Waals surface area (Å²) in [6.45, 7) is 2.04. The van der Waals surface area contributed by atoms with E-state index >= 15 is 0 Å². The maximum absolute atomic E-state index is 10.00. The fraction of sp³-hybridized carbons (Fsp3) is 0.857. The first-order valence-corrected chi connectivity index (χ1v) is 4.14. The van der Waals surface area contributed by atoms with E-state index in [4.69, 9.17) is 0 Å². The molecular formula is C7H13O2S-. The molecular weight excluding hydrogens is 148 g/mol. The predicted molar refractivity (Wildman–Crippen MR) is 41.9 cm³/mol. The molecule has 0 amide bonds. The molecule has 0 saturated heterocycles. The van der Waals surface area contributed by atoms with Crippen LogP contribution in [0.2, 0.25) is 0 Å². The summed E-state index contributed by atoms with van der Waals surface area (Å²) in [5.41, 5.74) is 0. The maximum atomic E-state index is 10.00. The summed E-state index contributed by atoms with van der Waals surface area (Å²) in [5.74, 6) is 0.241. The van der Waals surface area contributed by atoms with Crippen LogP contribution in [-0.4, -0.2) is 11.7 Å². The van der Waals surface area contributed by atoms with E-state index in [1.807, 2.05) is 6.92 Å². The number of aliphatic carboxylic acids is 1. The zero-order chi connectivity index (χ0) is 7.98. The number of thiol groups is 1. The Labute approximate surface area is 67.0 Å². The Morgan fingerprint density at radius 1 is 1.70 bits per heavy atom. The molecule has 0 aromatic carbocycles. The van der Waals surface area contributed by atoms with Crippen LogP contribution in [0.1, 0.15) is 26.2 Å². The standard InChI is InChI=1S/C7H14O2S/c1-2-6(5-10)3-4-7(8)9/h6,10H,2-5H2,1H3,(H,8,9)/p-1. The van der Waals surface area contributed by atoms with Gasteiger partial charge in [0.15, 0.2) is 0 Å². The second-order valence-corrected chi connectivity index (χ2v) is 2.73. The molecule has 1 atom stereocenters. The Morgan fingerprint density at radius 3 is 2.60 bits per heavy atom. The molecule has 0 rings (SSSR count). The van der Waals surface area contributed by atoms with Crippen molar-refractivity contribution in [1.29, 1.82) is 0 Å². The minimum atomic E-state index is -0.958. The third-order valence-corrected chi connectivity index (χ3v) is 2.11. The normalized spacial score (nSPS) is 13.0. The van der Waals surface area contributed by atoms with Gasteiger partial charge in [-0.15, -0.1) is 0 Å². The van der Waals surface area contributed by atoms with E-state index in [9.17, 15) is 9.90 Å². The zero-order valence-corrected chi connectivity index (χ0v) is 7.06. The van der Waals surface area contributed by atoms with Crippen LogP contribution in [-0.2, 0) is 4.79 Å². The van der Waals surface area contributed by atoms with E-state index in [0.29, 0.717) is 12.3 Å². The van der Waals surface area contributed by atoms with Gasteiger partial charge in [0.1, 0.15) is 0 Å². The monoisotopic (exact) mass is 161 g/mol. The van der Waals surface area contributed by atoms with Gasteiger partial charge in [-0.3, -0.25) is 0 Å². The Balaban J connectivity index is 3.34. The second kappa shape index (κ2) is 5.59. The first-order chi connectivity index (χ1) is 4.70. The van der Waals surface area contributed by atoms with Crippen LogP contribution in [0.5, 0.6) is 0 Å². The van der Waals surface area contributed by atoms with Crippen molar-refractivity contribution in [2.24, 2.45) is 5.92 Å². The summed E-state index contributed by atoms with van der Waals surface area (Å²) < 4.78 is 0. The van der Waals surface area contributed by atoms with Gasteiger partial charge in [0.05, 0.1) is 0 Å². The molecule has 0 radical (unpaired) electrons. The molecule has 0 aliphatic carbocycles. The average Bonchev–Trinajstić information content (AvgIpc) is 1.90. The predicted octanol–water partition coefficient (Wildman–Crippen LogP) is 0.472. The van der Waals surface area contributed by atoms with Gasteiger partial charge in [-0.1, -0.05) is 13.3 Å². The van der Waals surface area contributed by atoms with E-state index in [1.54, 1.807) is 0 Å². The van der Waals surface area contributed by atoms with Crippen LogP contribution in [0.4, 0.5) is 0 Å². The molecule has 0 aliphatic rings. The van der Waals surface area contributed by atoms with Gasteiger partial charge in [0.25, 0.3) is 0 Å². The Hall–Kier alpha value is -0.180. The SMILES string of the molecule is CCC(CS)CCC(=O)[O-]. The molecule has 60 valence electrons. The highest BCUT2D eigenvalue weighted by atomic mass is 32.1. The molecule has 0 bridgehead atoms. The average molecular weight is 161 g/mol. The van der Waals surface area contributed by atoms with Crippen LogP contribution >= 0.6 is 12.6 Å². The van der Waals surface area contributed by atoms with Crippen LogP contribution in [0.15, 0.2) is 0 Å². The maximum Gasteiger partial charge on any atom is 0.0414 e. The summed E-state index contributed by atoms with van der Waals surface area (Å²) in [5, 5.41) is 10.00. The molecule has 0 saturated carbocycles. The molecule has 0 heterocycles. The molecule has 10 heavy (non-hydrogen) atoms. The molecule has 0 aromatic rings. The lowest BCUT2D eigenvalue weighted by Gasteiger charge is -2.10. The third-order valence-electron chi connectivity index (χ3n) is 1.59. The molecule has 0 N–H and O–H groups in total. The number of hydrogen-bond acceptors (Lipinski definition) is 3. The van der Waals surface area contributed by atoms with Crippen molar-refractivity contribution in [2.75, 3.05) is 5.75 Å². The number of carbonyl (C=O) groups excluding carboxylic acids is 1. The molecule has 0 spiro atoms. The topological polar surface area (TPSA) is 40.1 Å². The van der Waals surface area contributed by atoms with Gasteiger partial charge in [0.2, 0.25) is 0 Å². The highest BCUT2D eigenvalue weighted by Gasteiger charge is 2.02. The first kappa shape index (κ1) is 9.82. The van der Waals surface area contributed by atoms with Crippen LogP contribution < -0.4 is 5.11 Å². The zero-order valence-electron chi connectivity index (χ0n) is 6.17. The highest BCUT2D eigenvalue weighted by molar-refractivity contribution is 7.80. The molecule has 0 aliphatic heterocycles. The number of carboxylic acid groups (broad SMARTS) is 1. The lowest BCUT2D eigenvalue weighted by atomic mass is 10.0. The van der Waals surface area contributed by atoms with Crippen molar-refractivity contribution in [2.45, 2.75) is 26.2 Å².